The molecule has 0 aliphatic carbocycles. The number of carbonyl (C=O) groups is 1. The second-order valence-corrected chi connectivity index (χ2v) is 4.55. The zero-order chi connectivity index (χ0) is 14.4. The Labute approximate surface area is 118 Å². The molecule has 0 unspecified atom stereocenters. The van der Waals surface area contributed by atoms with Crippen LogP contribution in [0.1, 0.15) is 29.4 Å². The minimum atomic E-state index is -0.193. The summed E-state index contributed by atoms with van der Waals surface area (Å²) in [7, 11) is 0. The van der Waals surface area contributed by atoms with Crippen molar-refractivity contribution in [2.75, 3.05) is 11.9 Å². The van der Waals surface area contributed by atoms with Gasteiger partial charge in [-0.15, -0.1) is 10.2 Å². The fourth-order valence-corrected chi connectivity index (χ4v) is 1.72. The highest BCUT2D eigenvalue weighted by Crippen LogP contribution is 2.15. The standard InChI is InChI=1S/C15H18N4O/c1-3-9-16-15(20)13-7-8-14(19-18-13)17-12-6-4-5-11(2)10-12/h4-8,10H,3,9H2,1-2H3,(H,16,20)(H,17,19). The first-order chi connectivity index (χ1) is 9.69. The molecule has 5 nitrogen and oxygen atoms in total. The molecule has 0 fully saturated rings. The van der Waals surface area contributed by atoms with Gasteiger partial charge in [-0.3, -0.25) is 4.79 Å². The lowest BCUT2D eigenvalue weighted by Gasteiger charge is -2.06. The first-order valence-corrected chi connectivity index (χ1v) is 6.64. The molecule has 104 valence electrons. The molecule has 0 aliphatic heterocycles. The molecule has 20 heavy (non-hydrogen) atoms. The molecule has 1 aromatic heterocycles. The number of aryl methyl sites for hydroxylation is 1. The molecule has 0 radical (unpaired) electrons. The van der Waals surface area contributed by atoms with Crippen molar-refractivity contribution in [2.45, 2.75) is 20.3 Å². The highest BCUT2D eigenvalue weighted by molar-refractivity contribution is 5.92. The van der Waals surface area contributed by atoms with Crippen molar-refractivity contribution in [3.8, 4) is 0 Å². The molecule has 0 spiro atoms. The van der Waals surface area contributed by atoms with Gasteiger partial charge in [-0.2, -0.15) is 0 Å². The van der Waals surface area contributed by atoms with Gasteiger partial charge >= 0.3 is 0 Å². The van der Waals surface area contributed by atoms with Crippen LogP contribution in [0.15, 0.2) is 36.4 Å². The van der Waals surface area contributed by atoms with Crippen molar-refractivity contribution in [2.24, 2.45) is 0 Å². The van der Waals surface area contributed by atoms with Crippen molar-refractivity contribution in [1.82, 2.24) is 15.5 Å². The molecular weight excluding hydrogens is 252 g/mol. The third-order valence-electron chi connectivity index (χ3n) is 2.72. The minimum absolute atomic E-state index is 0.193. The highest BCUT2D eigenvalue weighted by atomic mass is 16.1. The molecule has 1 amide bonds. The van der Waals surface area contributed by atoms with E-state index in [4.69, 9.17) is 0 Å². The number of rotatable bonds is 5. The average molecular weight is 270 g/mol. The van der Waals surface area contributed by atoms with Crippen molar-refractivity contribution >= 4 is 17.4 Å². The molecule has 1 aromatic carbocycles. The second-order valence-electron chi connectivity index (χ2n) is 4.55. The second kappa shape index (κ2) is 6.65. The molecule has 5 heteroatoms. The topological polar surface area (TPSA) is 66.9 Å². The molecule has 0 atom stereocenters. The normalized spacial score (nSPS) is 10.1. The summed E-state index contributed by atoms with van der Waals surface area (Å²) in [5.41, 5.74) is 2.44. The van der Waals surface area contributed by atoms with Gasteiger partial charge in [0.2, 0.25) is 0 Å². The van der Waals surface area contributed by atoms with Crippen molar-refractivity contribution < 1.29 is 4.79 Å². The van der Waals surface area contributed by atoms with Crippen LogP contribution in [0.3, 0.4) is 0 Å². The Bertz CT molecular complexity index is 581. The summed E-state index contributed by atoms with van der Waals surface area (Å²) in [5, 5.41) is 13.8. The number of aromatic nitrogens is 2. The van der Waals surface area contributed by atoms with Crippen LogP contribution in [0.25, 0.3) is 0 Å². The highest BCUT2D eigenvalue weighted by Gasteiger charge is 2.07. The number of benzene rings is 1. The molecule has 1 heterocycles. The zero-order valence-electron chi connectivity index (χ0n) is 11.7. The van der Waals surface area contributed by atoms with Gasteiger partial charge in [0.05, 0.1) is 0 Å². The minimum Gasteiger partial charge on any atom is -0.351 e. The van der Waals surface area contributed by atoms with E-state index in [-0.39, 0.29) is 5.91 Å². The van der Waals surface area contributed by atoms with E-state index in [9.17, 15) is 4.79 Å². The van der Waals surface area contributed by atoms with Crippen molar-refractivity contribution in [3.05, 3.63) is 47.7 Å². The molecular formula is C15H18N4O. The van der Waals surface area contributed by atoms with Gasteiger partial charge in [0, 0.05) is 12.2 Å². The van der Waals surface area contributed by atoms with E-state index >= 15 is 0 Å². The van der Waals surface area contributed by atoms with E-state index in [1.54, 1.807) is 12.1 Å². The van der Waals surface area contributed by atoms with Crippen LogP contribution < -0.4 is 10.6 Å². The Morgan fingerprint density at radius 1 is 1.20 bits per heavy atom. The number of hydrogen-bond acceptors (Lipinski definition) is 4. The van der Waals surface area contributed by atoms with E-state index < -0.39 is 0 Å². The monoisotopic (exact) mass is 270 g/mol. The van der Waals surface area contributed by atoms with Crippen LogP contribution in [-0.4, -0.2) is 22.6 Å². The van der Waals surface area contributed by atoms with E-state index in [2.05, 4.69) is 20.8 Å². The predicted octanol–water partition coefficient (Wildman–Crippen LogP) is 2.67. The Morgan fingerprint density at radius 2 is 2.05 bits per heavy atom. The van der Waals surface area contributed by atoms with Crippen LogP contribution >= 0.6 is 0 Å². The number of carbonyl (C=O) groups excluding carboxylic acids is 1. The maximum atomic E-state index is 11.7. The van der Waals surface area contributed by atoms with Crippen molar-refractivity contribution in [3.63, 3.8) is 0 Å². The van der Waals surface area contributed by atoms with Gasteiger partial charge in [0.1, 0.15) is 0 Å². The van der Waals surface area contributed by atoms with Crippen molar-refractivity contribution in [1.29, 1.82) is 0 Å². The number of nitrogens with zero attached hydrogens (tertiary/aromatic N) is 2. The molecule has 0 saturated carbocycles. The van der Waals surface area contributed by atoms with Crippen LogP contribution in [0, 0.1) is 6.92 Å². The first-order valence-electron chi connectivity index (χ1n) is 6.64. The van der Waals surface area contributed by atoms with Crippen LogP contribution in [0.2, 0.25) is 0 Å². The maximum absolute atomic E-state index is 11.7. The lowest BCUT2D eigenvalue weighted by molar-refractivity contribution is 0.0947. The number of hydrogen-bond donors (Lipinski definition) is 2. The number of nitrogens with one attached hydrogen (secondary N) is 2. The Morgan fingerprint density at radius 3 is 2.70 bits per heavy atom. The Hall–Kier alpha value is -2.43. The van der Waals surface area contributed by atoms with Crippen LogP contribution in [0.5, 0.6) is 0 Å². The number of amides is 1. The summed E-state index contributed by atoms with van der Waals surface area (Å²) >= 11 is 0. The van der Waals surface area contributed by atoms with E-state index in [1.165, 1.54) is 5.56 Å². The Balaban J connectivity index is 2.03. The summed E-state index contributed by atoms with van der Waals surface area (Å²) in [5.74, 6) is 0.420. The van der Waals surface area contributed by atoms with Gasteiger partial charge in [-0.05, 0) is 43.2 Å². The molecule has 0 aliphatic rings. The summed E-state index contributed by atoms with van der Waals surface area (Å²) in [6.45, 7) is 4.67. The van der Waals surface area contributed by atoms with E-state index in [0.29, 0.717) is 18.1 Å². The van der Waals surface area contributed by atoms with Crippen LogP contribution in [0.4, 0.5) is 11.5 Å². The van der Waals surface area contributed by atoms with Gasteiger partial charge in [0.15, 0.2) is 11.5 Å². The zero-order valence-corrected chi connectivity index (χ0v) is 11.7. The third kappa shape index (κ3) is 3.78. The predicted molar refractivity (Wildman–Crippen MR) is 79.1 cm³/mol. The van der Waals surface area contributed by atoms with Gasteiger partial charge in [-0.1, -0.05) is 19.1 Å². The van der Waals surface area contributed by atoms with E-state index in [1.807, 2.05) is 38.1 Å². The molecule has 2 aromatic rings. The smallest absolute Gasteiger partial charge is 0.271 e. The van der Waals surface area contributed by atoms with Gasteiger partial charge in [0.25, 0.3) is 5.91 Å². The quantitative estimate of drug-likeness (QED) is 0.876. The summed E-state index contributed by atoms with van der Waals surface area (Å²) < 4.78 is 0. The fourth-order valence-electron chi connectivity index (χ4n) is 1.72. The summed E-state index contributed by atoms with van der Waals surface area (Å²) in [6.07, 6.45) is 0.895. The lowest BCUT2D eigenvalue weighted by Crippen LogP contribution is -2.25. The summed E-state index contributed by atoms with van der Waals surface area (Å²) in [4.78, 5) is 11.7. The van der Waals surface area contributed by atoms with Gasteiger partial charge in [-0.25, -0.2) is 0 Å². The summed E-state index contributed by atoms with van der Waals surface area (Å²) in [6, 6.07) is 11.4. The largest absolute Gasteiger partial charge is 0.351 e. The van der Waals surface area contributed by atoms with E-state index in [0.717, 1.165) is 12.1 Å². The fraction of sp³-hybridized carbons (Fsp3) is 0.267. The number of anilines is 2. The first kappa shape index (κ1) is 14.0. The van der Waals surface area contributed by atoms with Crippen LogP contribution in [-0.2, 0) is 0 Å². The molecule has 2 rings (SSSR count). The maximum Gasteiger partial charge on any atom is 0.271 e. The Kier molecular flexibility index (Phi) is 4.65. The average Bonchev–Trinajstić information content (AvgIpc) is 2.45. The van der Waals surface area contributed by atoms with Gasteiger partial charge < -0.3 is 10.6 Å². The lowest BCUT2D eigenvalue weighted by atomic mass is 10.2. The molecule has 2 N–H and O–H groups in total. The third-order valence-corrected chi connectivity index (χ3v) is 2.72. The molecule has 0 bridgehead atoms. The molecule has 0 saturated heterocycles. The SMILES string of the molecule is CCCNC(=O)c1ccc(Nc2cccc(C)c2)nn1.